The zero-order valence-corrected chi connectivity index (χ0v) is 18.5. The zero-order valence-electron chi connectivity index (χ0n) is 18.5. The summed E-state index contributed by atoms with van der Waals surface area (Å²) in [6, 6.07) is 16.6. The molecule has 2 aliphatic rings. The quantitative estimate of drug-likeness (QED) is 0.562. The van der Waals surface area contributed by atoms with Crippen molar-refractivity contribution in [2.24, 2.45) is 0 Å². The van der Waals surface area contributed by atoms with Crippen LogP contribution in [0, 0.1) is 0 Å². The predicted octanol–water partition coefficient (Wildman–Crippen LogP) is 5.39. The van der Waals surface area contributed by atoms with E-state index >= 15 is 0 Å². The van der Waals surface area contributed by atoms with Gasteiger partial charge in [0.1, 0.15) is 5.60 Å². The third-order valence-electron chi connectivity index (χ3n) is 7.57. The first-order valence-electron chi connectivity index (χ1n) is 11.1. The van der Waals surface area contributed by atoms with Crippen molar-refractivity contribution in [1.82, 2.24) is 9.88 Å². The number of ether oxygens (including phenoxy) is 2. The number of benzene rings is 2. The number of methoxy groups -OCH3 is 1. The number of hydrogen-bond acceptors (Lipinski definition) is 4. The number of esters is 1. The van der Waals surface area contributed by atoms with Gasteiger partial charge in [0.15, 0.2) is 0 Å². The first-order valence-corrected chi connectivity index (χ1v) is 11.1. The number of aromatic amines is 1. The lowest BCUT2D eigenvalue weighted by Crippen LogP contribution is -2.50. The number of nitrogens with one attached hydrogen (secondary N) is 1. The second kappa shape index (κ2) is 8.38. The van der Waals surface area contributed by atoms with E-state index in [0.29, 0.717) is 12.2 Å². The topological polar surface area (TPSA) is 54.6 Å². The fraction of sp³-hybridized carbons (Fsp3) is 0.444. The monoisotopic (exact) mass is 434 g/mol. The largest absolute Gasteiger partial charge is 0.465 e. The van der Waals surface area contributed by atoms with Crippen LogP contribution < -0.4 is 0 Å². The van der Waals surface area contributed by atoms with Crippen LogP contribution in [0.15, 0.2) is 48.5 Å². The van der Waals surface area contributed by atoms with Crippen LogP contribution in [0.3, 0.4) is 0 Å². The molecule has 1 aliphatic heterocycles. The molecule has 1 N–H and O–H groups in total. The van der Waals surface area contributed by atoms with Crippen LogP contribution in [0.25, 0.3) is 10.9 Å². The molecule has 0 bridgehead atoms. The highest BCUT2D eigenvalue weighted by atomic mass is 16.5. The van der Waals surface area contributed by atoms with Crippen LogP contribution in [0.5, 0.6) is 0 Å². The number of rotatable bonds is 3. The molecule has 0 radical (unpaired) electrons. The Kier molecular flexibility index (Phi) is 5.91. The van der Waals surface area contributed by atoms with Crippen LogP contribution in [-0.4, -0.2) is 43.7 Å². The van der Waals surface area contributed by atoms with Gasteiger partial charge >= 0.3 is 5.97 Å². The number of fused-ring (bicyclic) bond motifs is 4. The molecule has 32 heavy (non-hydrogen) atoms. The molecule has 5 nitrogen and oxygen atoms in total. The number of hydrogen-bond donors (Lipinski definition) is 1. The first kappa shape index (κ1) is 22.6. The lowest BCUT2D eigenvalue weighted by atomic mass is 9.68. The van der Waals surface area contributed by atoms with Gasteiger partial charge in [-0.05, 0) is 75.5 Å². The lowest BCUT2D eigenvalue weighted by Gasteiger charge is -2.50. The molecule has 0 saturated heterocycles. The average molecular weight is 435 g/mol. The Hall–Kier alpha value is -2.63. The molecule has 1 saturated carbocycles. The summed E-state index contributed by atoms with van der Waals surface area (Å²) in [5.41, 5.74) is 5.28. The van der Waals surface area contributed by atoms with Crippen molar-refractivity contribution in [3.8, 4) is 0 Å². The number of carbonyl (C=O) groups is 1. The maximum Gasteiger partial charge on any atom is 0.337 e. The van der Waals surface area contributed by atoms with Crippen LogP contribution in [0.1, 0.15) is 60.3 Å². The summed E-state index contributed by atoms with van der Waals surface area (Å²) in [5, 5.41) is 1.12. The van der Waals surface area contributed by atoms with Gasteiger partial charge in [-0.2, -0.15) is 0 Å². The van der Waals surface area contributed by atoms with Crippen molar-refractivity contribution < 1.29 is 14.3 Å². The lowest BCUT2D eigenvalue weighted by molar-refractivity contribution is -0.113. The highest BCUT2D eigenvalue weighted by molar-refractivity contribution is 5.96. The van der Waals surface area contributed by atoms with Crippen LogP contribution >= 0.6 is 0 Å². The van der Waals surface area contributed by atoms with Gasteiger partial charge in [-0.3, -0.25) is 4.90 Å². The minimum absolute atomic E-state index is 0. The second-order valence-corrected chi connectivity index (χ2v) is 9.12. The highest BCUT2D eigenvalue weighted by Crippen LogP contribution is 2.52. The standard InChI is InChI=1S/C26H30N2O3.CH4/c1-28(2)25(19-7-5-4-6-8-19)12-14-26(15-13-25)23-20(11-16-31-26)21-17-18(24(29)30-3)9-10-22(21)27-23;/h4-10,17,27H,11-16H2,1-3H3;1H4. The van der Waals surface area contributed by atoms with Gasteiger partial charge < -0.3 is 14.5 Å². The molecule has 1 aliphatic carbocycles. The molecule has 2 heterocycles. The number of H-pyrrole nitrogens is 1. The van der Waals surface area contributed by atoms with Gasteiger partial charge in [0.2, 0.25) is 0 Å². The summed E-state index contributed by atoms with van der Waals surface area (Å²) >= 11 is 0. The third kappa shape index (κ3) is 3.35. The normalized spacial score (nSPS) is 24.9. The molecule has 2 aromatic carbocycles. The summed E-state index contributed by atoms with van der Waals surface area (Å²) in [5.74, 6) is -0.296. The van der Waals surface area contributed by atoms with E-state index in [4.69, 9.17) is 9.47 Å². The van der Waals surface area contributed by atoms with Crippen molar-refractivity contribution in [2.45, 2.75) is 50.7 Å². The fourth-order valence-electron chi connectivity index (χ4n) is 5.77. The Labute approximate surface area is 190 Å². The second-order valence-electron chi connectivity index (χ2n) is 9.12. The van der Waals surface area contributed by atoms with Gasteiger partial charge in [0.25, 0.3) is 0 Å². The van der Waals surface area contributed by atoms with Crippen molar-refractivity contribution >= 4 is 16.9 Å². The van der Waals surface area contributed by atoms with Gasteiger partial charge in [-0.15, -0.1) is 0 Å². The molecule has 0 amide bonds. The van der Waals surface area contributed by atoms with E-state index in [2.05, 4.69) is 54.3 Å². The van der Waals surface area contributed by atoms with E-state index < -0.39 is 0 Å². The summed E-state index contributed by atoms with van der Waals surface area (Å²) < 4.78 is 11.5. The first-order chi connectivity index (χ1) is 15.0. The maximum absolute atomic E-state index is 12.1. The predicted molar refractivity (Wildman–Crippen MR) is 128 cm³/mol. The number of nitrogens with zero attached hydrogens (tertiary/aromatic N) is 1. The van der Waals surface area contributed by atoms with E-state index in [-0.39, 0.29) is 24.5 Å². The molecular weight excluding hydrogens is 400 g/mol. The Morgan fingerprint density at radius 2 is 1.78 bits per heavy atom. The average Bonchev–Trinajstić information content (AvgIpc) is 3.19. The van der Waals surface area contributed by atoms with Gasteiger partial charge in [0, 0.05) is 16.4 Å². The Morgan fingerprint density at radius 1 is 1.06 bits per heavy atom. The minimum Gasteiger partial charge on any atom is -0.465 e. The third-order valence-corrected chi connectivity index (χ3v) is 7.57. The van der Waals surface area contributed by atoms with Crippen molar-refractivity contribution in [1.29, 1.82) is 0 Å². The van der Waals surface area contributed by atoms with E-state index in [0.717, 1.165) is 43.0 Å². The van der Waals surface area contributed by atoms with Crippen molar-refractivity contribution in [3.63, 3.8) is 0 Å². The molecule has 5 rings (SSSR count). The molecule has 1 fully saturated rings. The summed E-state index contributed by atoms with van der Waals surface area (Å²) in [7, 11) is 5.80. The fourth-order valence-corrected chi connectivity index (χ4v) is 5.77. The van der Waals surface area contributed by atoms with E-state index in [1.807, 2.05) is 18.2 Å². The Balaban J connectivity index is 0.00000245. The van der Waals surface area contributed by atoms with E-state index in [1.165, 1.54) is 23.9 Å². The van der Waals surface area contributed by atoms with E-state index in [1.54, 1.807) is 0 Å². The molecule has 170 valence electrons. The smallest absolute Gasteiger partial charge is 0.337 e. The van der Waals surface area contributed by atoms with Gasteiger partial charge in [0.05, 0.1) is 25.0 Å². The van der Waals surface area contributed by atoms with Crippen LogP contribution in [0.2, 0.25) is 0 Å². The summed E-state index contributed by atoms with van der Waals surface area (Å²) in [6.07, 6.45) is 4.85. The Morgan fingerprint density at radius 3 is 2.44 bits per heavy atom. The van der Waals surface area contributed by atoms with Crippen LogP contribution in [0.4, 0.5) is 0 Å². The Bertz CT molecular complexity index is 1110. The summed E-state index contributed by atoms with van der Waals surface area (Å²) in [4.78, 5) is 18.1. The van der Waals surface area contributed by atoms with E-state index in [9.17, 15) is 4.79 Å². The zero-order chi connectivity index (χ0) is 21.6. The SMILES string of the molecule is C.COC(=O)c1ccc2[nH]c3c(c2c1)CCOC31CCC(c2ccccc2)(N(C)C)CC1. The van der Waals surface area contributed by atoms with Gasteiger partial charge in [-0.25, -0.2) is 4.79 Å². The van der Waals surface area contributed by atoms with Crippen LogP contribution in [-0.2, 0) is 27.0 Å². The molecule has 1 aromatic heterocycles. The summed E-state index contributed by atoms with van der Waals surface area (Å²) in [6.45, 7) is 0.711. The molecular formula is C27H34N2O3. The number of carbonyl (C=O) groups excluding carboxylic acids is 1. The van der Waals surface area contributed by atoms with Crippen molar-refractivity contribution in [3.05, 3.63) is 70.9 Å². The molecule has 3 aromatic rings. The maximum atomic E-state index is 12.1. The van der Waals surface area contributed by atoms with Crippen molar-refractivity contribution in [2.75, 3.05) is 27.8 Å². The number of aromatic nitrogens is 1. The molecule has 1 spiro atoms. The minimum atomic E-state index is -0.296. The molecule has 0 unspecified atom stereocenters. The van der Waals surface area contributed by atoms with Gasteiger partial charge in [-0.1, -0.05) is 37.8 Å². The molecule has 0 atom stereocenters. The molecule has 5 heteroatoms. The highest BCUT2D eigenvalue weighted by Gasteiger charge is 2.49.